The van der Waals surface area contributed by atoms with Gasteiger partial charge in [0.15, 0.2) is 0 Å². The van der Waals surface area contributed by atoms with Crippen LogP contribution in [0.2, 0.25) is 0 Å². The molecule has 0 atom stereocenters. The number of nitrogens with one attached hydrogen (secondary N) is 1. The van der Waals surface area contributed by atoms with Gasteiger partial charge in [-0.05, 0) is 12.1 Å². The number of nitrogens with zero attached hydrogens (tertiary/aromatic N) is 3. The highest BCUT2D eigenvalue weighted by atomic mass is 16.6. The third-order valence-corrected chi connectivity index (χ3v) is 3.13. The van der Waals surface area contributed by atoms with Crippen molar-refractivity contribution in [2.75, 3.05) is 6.54 Å². The number of carbonyl (C=O) groups excluding carboxylic acids is 1. The quantitative estimate of drug-likeness (QED) is 0.650. The van der Waals surface area contributed by atoms with Crippen LogP contribution in [-0.4, -0.2) is 23.0 Å². The van der Waals surface area contributed by atoms with E-state index in [0.29, 0.717) is 12.1 Å². The minimum atomic E-state index is -0.503. The normalized spacial score (nSPS) is 15.3. The minimum Gasteiger partial charge on any atom is -0.347 e. The van der Waals surface area contributed by atoms with Crippen molar-refractivity contribution in [1.29, 1.82) is 0 Å². The van der Waals surface area contributed by atoms with E-state index in [1.54, 1.807) is 0 Å². The van der Waals surface area contributed by atoms with Crippen molar-refractivity contribution in [3.05, 3.63) is 39.9 Å². The van der Waals surface area contributed by atoms with E-state index in [2.05, 4.69) is 15.5 Å². The Bertz CT molecular complexity index is 530. The number of benzene rings is 1. The number of hydrogen-bond donors (Lipinski definition) is 1. The number of hydrogen-bond acceptors (Lipinski definition) is 5. The summed E-state index contributed by atoms with van der Waals surface area (Å²) in [6.07, 6.45) is 0. The Morgan fingerprint density at radius 3 is 2.37 bits per heavy atom. The Morgan fingerprint density at radius 2 is 1.95 bits per heavy atom. The molecule has 1 N–H and O–H groups in total. The maximum absolute atomic E-state index is 11.9. The van der Waals surface area contributed by atoms with Crippen LogP contribution in [0.5, 0.6) is 0 Å². The van der Waals surface area contributed by atoms with Crippen LogP contribution >= 0.6 is 0 Å². The minimum absolute atomic E-state index is 0.0395. The molecule has 0 aliphatic carbocycles. The van der Waals surface area contributed by atoms with Crippen LogP contribution in [0.3, 0.4) is 0 Å². The van der Waals surface area contributed by atoms with Crippen molar-refractivity contribution >= 4 is 11.6 Å². The fraction of sp³-hybridized carbons (Fsp3) is 0.417. The number of amides is 1. The number of nitro benzene ring substituents is 1. The van der Waals surface area contributed by atoms with Crippen molar-refractivity contribution in [1.82, 2.24) is 5.32 Å². The van der Waals surface area contributed by atoms with E-state index in [1.165, 1.54) is 24.3 Å². The molecule has 0 fully saturated rings. The molecule has 7 heteroatoms. The lowest BCUT2D eigenvalue weighted by molar-refractivity contribution is -0.384. The van der Waals surface area contributed by atoms with Gasteiger partial charge in [0.1, 0.15) is 0 Å². The molecule has 1 aromatic carbocycles. The van der Waals surface area contributed by atoms with Gasteiger partial charge >= 0.3 is 0 Å². The molecule has 0 spiro atoms. The predicted molar refractivity (Wildman–Crippen MR) is 67.9 cm³/mol. The summed E-state index contributed by atoms with van der Waals surface area (Å²) in [5, 5.41) is 21.2. The van der Waals surface area contributed by atoms with Crippen molar-refractivity contribution in [3.8, 4) is 0 Å². The summed E-state index contributed by atoms with van der Waals surface area (Å²) in [6.45, 7) is 4.32. The van der Waals surface area contributed by atoms with Gasteiger partial charge in [-0.2, -0.15) is 10.2 Å². The maximum Gasteiger partial charge on any atom is 0.269 e. The van der Waals surface area contributed by atoms with Crippen LogP contribution in [0.25, 0.3) is 0 Å². The first kappa shape index (κ1) is 13.1. The van der Waals surface area contributed by atoms with Gasteiger partial charge in [-0.15, -0.1) is 0 Å². The van der Waals surface area contributed by atoms with E-state index < -0.39 is 10.6 Å². The van der Waals surface area contributed by atoms with Crippen LogP contribution < -0.4 is 5.32 Å². The molecule has 2 rings (SSSR count). The van der Waals surface area contributed by atoms with Crippen molar-refractivity contribution in [3.63, 3.8) is 0 Å². The zero-order chi connectivity index (χ0) is 14.0. The molecule has 0 saturated heterocycles. The Balaban J connectivity index is 1.95. The van der Waals surface area contributed by atoms with Crippen molar-refractivity contribution in [2.45, 2.75) is 19.5 Å². The number of rotatable bonds is 5. The first-order chi connectivity index (χ1) is 8.94. The number of carbonyl (C=O) groups is 1. The standard InChI is InChI=1S/C12H14N4O3/c1-8(2)12(14-15-12)7-13-11(17)9-3-5-10(6-4-9)16(18)19/h3-6,8H,7H2,1-2H3,(H,13,17). The Hall–Kier alpha value is -2.31. The summed E-state index contributed by atoms with van der Waals surface area (Å²) >= 11 is 0. The second kappa shape index (κ2) is 4.75. The summed E-state index contributed by atoms with van der Waals surface area (Å²) < 4.78 is 0. The van der Waals surface area contributed by atoms with Gasteiger partial charge in [0.05, 0.1) is 11.5 Å². The van der Waals surface area contributed by atoms with E-state index >= 15 is 0 Å². The molecule has 1 heterocycles. The van der Waals surface area contributed by atoms with Gasteiger partial charge in [-0.3, -0.25) is 14.9 Å². The van der Waals surface area contributed by atoms with Crippen LogP contribution in [-0.2, 0) is 0 Å². The first-order valence-corrected chi connectivity index (χ1v) is 5.91. The van der Waals surface area contributed by atoms with E-state index in [0.717, 1.165) is 0 Å². The van der Waals surface area contributed by atoms with E-state index in [1.807, 2.05) is 13.8 Å². The van der Waals surface area contributed by atoms with Gasteiger partial charge in [0, 0.05) is 23.6 Å². The van der Waals surface area contributed by atoms with Crippen molar-refractivity contribution < 1.29 is 9.72 Å². The Labute approximate surface area is 109 Å². The smallest absolute Gasteiger partial charge is 0.269 e. The molecule has 0 saturated carbocycles. The third kappa shape index (κ3) is 2.75. The molecule has 7 nitrogen and oxygen atoms in total. The van der Waals surface area contributed by atoms with Crippen molar-refractivity contribution in [2.24, 2.45) is 16.1 Å². The maximum atomic E-state index is 11.9. The molecule has 0 bridgehead atoms. The molecule has 1 aromatic rings. The Kier molecular flexibility index (Phi) is 3.28. The highest BCUT2D eigenvalue weighted by Gasteiger charge is 2.43. The molecule has 0 aromatic heterocycles. The fourth-order valence-electron chi connectivity index (χ4n) is 1.62. The molecule has 0 radical (unpaired) electrons. The molecule has 19 heavy (non-hydrogen) atoms. The Morgan fingerprint density at radius 1 is 1.37 bits per heavy atom. The molecule has 0 unspecified atom stereocenters. The van der Waals surface area contributed by atoms with E-state index in [-0.39, 0.29) is 17.5 Å². The fourth-order valence-corrected chi connectivity index (χ4v) is 1.62. The highest BCUT2D eigenvalue weighted by molar-refractivity contribution is 5.94. The molecule has 1 aliphatic rings. The molecular formula is C12H14N4O3. The van der Waals surface area contributed by atoms with Gasteiger partial charge in [-0.1, -0.05) is 13.8 Å². The lowest BCUT2D eigenvalue weighted by Gasteiger charge is -2.14. The molecular weight excluding hydrogens is 248 g/mol. The number of non-ortho nitro benzene ring substituents is 1. The van der Waals surface area contributed by atoms with Gasteiger partial charge in [-0.25, -0.2) is 0 Å². The van der Waals surface area contributed by atoms with E-state index in [9.17, 15) is 14.9 Å². The summed E-state index contributed by atoms with van der Waals surface area (Å²) in [6, 6.07) is 5.46. The predicted octanol–water partition coefficient (Wildman–Crippen LogP) is 2.14. The molecule has 100 valence electrons. The zero-order valence-corrected chi connectivity index (χ0v) is 10.7. The van der Waals surface area contributed by atoms with Gasteiger partial charge in [0.2, 0.25) is 5.66 Å². The zero-order valence-electron chi connectivity index (χ0n) is 10.7. The second-order valence-electron chi connectivity index (χ2n) is 4.72. The highest BCUT2D eigenvalue weighted by Crippen LogP contribution is 2.35. The average Bonchev–Trinajstić information content (AvgIpc) is 3.17. The van der Waals surface area contributed by atoms with Gasteiger partial charge < -0.3 is 5.32 Å². The first-order valence-electron chi connectivity index (χ1n) is 5.91. The molecule has 1 aliphatic heterocycles. The third-order valence-electron chi connectivity index (χ3n) is 3.13. The second-order valence-corrected chi connectivity index (χ2v) is 4.72. The number of nitro groups is 1. The summed E-state index contributed by atoms with van der Waals surface area (Å²) in [4.78, 5) is 21.9. The summed E-state index contributed by atoms with van der Waals surface area (Å²) in [5.74, 6) is -0.0584. The van der Waals surface area contributed by atoms with Gasteiger partial charge in [0.25, 0.3) is 11.6 Å². The largest absolute Gasteiger partial charge is 0.347 e. The SMILES string of the molecule is CC(C)C1(CNC(=O)c2ccc([N+](=O)[O-])cc2)N=N1. The lowest BCUT2D eigenvalue weighted by Crippen LogP contribution is -2.37. The summed E-state index contributed by atoms with van der Waals surface area (Å²) in [7, 11) is 0. The van der Waals surface area contributed by atoms with Crippen LogP contribution in [0.1, 0.15) is 24.2 Å². The van der Waals surface area contributed by atoms with Crippen LogP contribution in [0.15, 0.2) is 34.5 Å². The van der Waals surface area contributed by atoms with Crippen LogP contribution in [0, 0.1) is 16.0 Å². The lowest BCUT2D eigenvalue weighted by atomic mass is 10.0. The van der Waals surface area contributed by atoms with Crippen LogP contribution in [0.4, 0.5) is 5.69 Å². The summed E-state index contributed by atoms with van der Waals surface area (Å²) in [5.41, 5.74) is -0.149. The monoisotopic (exact) mass is 262 g/mol. The average molecular weight is 262 g/mol. The molecule has 1 amide bonds. The topological polar surface area (TPSA) is 97.0 Å². The van der Waals surface area contributed by atoms with E-state index in [4.69, 9.17) is 0 Å².